The Kier molecular flexibility index (Phi) is 5.31. The molecule has 1 aliphatic heterocycles. The molecule has 0 saturated heterocycles. The van der Waals surface area contributed by atoms with E-state index in [1.165, 1.54) is 16.8 Å². The summed E-state index contributed by atoms with van der Waals surface area (Å²) in [6.45, 7) is 1.87. The number of nitrogens with two attached hydrogens (primary N) is 2. The van der Waals surface area contributed by atoms with Crippen molar-refractivity contribution in [1.82, 2.24) is 0 Å². The maximum atomic E-state index is 13.6. The lowest BCUT2D eigenvalue weighted by molar-refractivity contribution is -0.142. The SMILES string of the molecule is CCC[C@H](N)C(=O)C1(N)C(=O)N(C)c2ccccc2N(c2ccccc2)C1=O. The van der Waals surface area contributed by atoms with Crippen molar-refractivity contribution in [3.05, 3.63) is 54.6 Å². The minimum absolute atomic E-state index is 0.334. The number of anilines is 3. The highest BCUT2D eigenvalue weighted by Crippen LogP contribution is 2.39. The molecule has 2 amide bonds. The molecule has 146 valence electrons. The molecule has 28 heavy (non-hydrogen) atoms. The van der Waals surface area contributed by atoms with Gasteiger partial charge < -0.3 is 16.4 Å². The first-order valence-corrected chi connectivity index (χ1v) is 9.19. The second-order valence-electron chi connectivity index (χ2n) is 6.90. The number of ketones is 1. The molecule has 0 spiro atoms. The van der Waals surface area contributed by atoms with Crippen molar-refractivity contribution in [2.24, 2.45) is 11.5 Å². The number of fused-ring (bicyclic) bond motifs is 1. The first kappa shape index (κ1) is 19.7. The number of amides is 2. The first-order valence-electron chi connectivity index (χ1n) is 9.19. The molecule has 1 aliphatic rings. The Bertz CT molecular complexity index is 915. The van der Waals surface area contributed by atoms with Crippen LogP contribution < -0.4 is 21.3 Å². The lowest BCUT2D eigenvalue weighted by Crippen LogP contribution is -2.70. The molecule has 3 rings (SSSR count). The minimum atomic E-state index is -2.40. The number of Topliss-reactive ketones (excluding diaryl/α,β-unsaturated/α-hetero) is 1. The number of nitrogens with zero attached hydrogens (tertiary/aromatic N) is 2. The standard InChI is InChI=1S/C21H24N4O3/c1-3-9-15(22)18(26)21(23)19(27)24(2)16-12-7-8-13-17(16)25(20(21)28)14-10-5-4-6-11-14/h4-8,10-13,15H,3,9,22-23H2,1-2H3/t15-,21?/m0/s1. The van der Waals surface area contributed by atoms with E-state index in [2.05, 4.69) is 0 Å². The molecule has 2 atom stereocenters. The highest BCUT2D eigenvalue weighted by molar-refractivity contribution is 6.38. The van der Waals surface area contributed by atoms with Gasteiger partial charge in [0.15, 0.2) is 5.78 Å². The number of likely N-dealkylation sites (N-methyl/N-ethyl adjacent to an activating group) is 1. The van der Waals surface area contributed by atoms with Gasteiger partial charge in [0.05, 0.1) is 17.4 Å². The number of para-hydroxylation sites is 3. The van der Waals surface area contributed by atoms with Gasteiger partial charge in [-0.2, -0.15) is 0 Å². The van der Waals surface area contributed by atoms with Gasteiger partial charge in [0.1, 0.15) is 0 Å². The van der Waals surface area contributed by atoms with E-state index in [9.17, 15) is 14.4 Å². The molecule has 0 aromatic heterocycles. The third-order valence-electron chi connectivity index (χ3n) is 5.01. The van der Waals surface area contributed by atoms with Gasteiger partial charge in [-0.05, 0) is 30.7 Å². The number of carbonyl (C=O) groups excluding carboxylic acids is 3. The highest BCUT2D eigenvalue weighted by atomic mass is 16.2. The van der Waals surface area contributed by atoms with Crippen LogP contribution in [0.2, 0.25) is 0 Å². The Morgan fingerprint density at radius 1 is 1.00 bits per heavy atom. The number of benzene rings is 2. The van der Waals surface area contributed by atoms with Gasteiger partial charge in [-0.1, -0.05) is 43.7 Å². The molecule has 1 unspecified atom stereocenters. The van der Waals surface area contributed by atoms with Crippen molar-refractivity contribution in [1.29, 1.82) is 0 Å². The second kappa shape index (κ2) is 7.53. The molecule has 2 aromatic carbocycles. The van der Waals surface area contributed by atoms with Crippen molar-refractivity contribution >= 4 is 34.7 Å². The van der Waals surface area contributed by atoms with Crippen LogP contribution in [0.4, 0.5) is 17.1 Å². The zero-order valence-corrected chi connectivity index (χ0v) is 16.0. The monoisotopic (exact) mass is 380 g/mol. The van der Waals surface area contributed by atoms with Gasteiger partial charge in [0.25, 0.3) is 11.8 Å². The van der Waals surface area contributed by atoms with E-state index < -0.39 is 29.2 Å². The molecule has 7 nitrogen and oxygen atoms in total. The molecular formula is C21H24N4O3. The average molecular weight is 380 g/mol. The summed E-state index contributed by atoms with van der Waals surface area (Å²) >= 11 is 0. The third kappa shape index (κ3) is 2.98. The van der Waals surface area contributed by atoms with Gasteiger partial charge >= 0.3 is 0 Å². The van der Waals surface area contributed by atoms with Crippen LogP contribution in [0.25, 0.3) is 0 Å². The summed E-state index contributed by atoms with van der Waals surface area (Å²) in [5, 5.41) is 0. The Labute approximate surface area is 163 Å². The van der Waals surface area contributed by atoms with Crippen LogP contribution in [0.1, 0.15) is 19.8 Å². The predicted octanol–water partition coefficient (Wildman–Crippen LogP) is 1.72. The average Bonchev–Trinajstić information content (AvgIpc) is 2.78. The van der Waals surface area contributed by atoms with E-state index in [0.717, 1.165) is 0 Å². The van der Waals surface area contributed by atoms with Gasteiger partial charge in [-0.3, -0.25) is 19.3 Å². The van der Waals surface area contributed by atoms with Gasteiger partial charge in [0.2, 0.25) is 5.54 Å². The van der Waals surface area contributed by atoms with E-state index in [1.807, 2.05) is 13.0 Å². The highest BCUT2D eigenvalue weighted by Gasteiger charge is 2.56. The fourth-order valence-corrected chi connectivity index (χ4v) is 3.47. The Hall–Kier alpha value is -3.03. The summed E-state index contributed by atoms with van der Waals surface area (Å²) in [6, 6.07) is 14.7. The minimum Gasteiger partial charge on any atom is -0.321 e. The quantitative estimate of drug-likeness (QED) is 0.768. The van der Waals surface area contributed by atoms with Crippen molar-refractivity contribution in [3.8, 4) is 0 Å². The smallest absolute Gasteiger partial charge is 0.269 e. The zero-order valence-electron chi connectivity index (χ0n) is 16.0. The Morgan fingerprint density at radius 3 is 2.18 bits per heavy atom. The second-order valence-corrected chi connectivity index (χ2v) is 6.90. The van der Waals surface area contributed by atoms with Crippen molar-refractivity contribution < 1.29 is 14.4 Å². The Morgan fingerprint density at radius 2 is 1.57 bits per heavy atom. The number of rotatable bonds is 5. The van der Waals surface area contributed by atoms with Crippen LogP contribution in [0.3, 0.4) is 0 Å². The van der Waals surface area contributed by atoms with E-state index in [0.29, 0.717) is 29.9 Å². The van der Waals surface area contributed by atoms with Crippen molar-refractivity contribution in [2.75, 3.05) is 16.8 Å². The molecule has 4 N–H and O–H groups in total. The van der Waals surface area contributed by atoms with Gasteiger partial charge in [0, 0.05) is 12.7 Å². The molecule has 0 fully saturated rings. The maximum Gasteiger partial charge on any atom is 0.269 e. The first-order chi connectivity index (χ1) is 13.3. The van der Waals surface area contributed by atoms with E-state index in [-0.39, 0.29) is 0 Å². The number of carbonyl (C=O) groups is 3. The van der Waals surface area contributed by atoms with Crippen LogP contribution >= 0.6 is 0 Å². The fraction of sp³-hybridized carbons (Fsp3) is 0.286. The van der Waals surface area contributed by atoms with Gasteiger partial charge in [-0.15, -0.1) is 0 Å². The molecule has 7 heteroatoms. The zero-order chi connectivity index (χ0) is 20.5. The fourth-order valence-electron chi connectivity index (χ4n) is 3.47. The summed E-state index contributed by atoms with van der Waals surface area (Å²) in [5.41, 5.74) is 11.3. The summed E-state index contributed by atoms with van der Waals surface area (Å²) in [5.74, 6) is -2.37. The largest absolute Gasteiger partial charge is 0.321 e. The van der Waals surface area contributed by atoms with Crippen LogP contribution in [0, 0.1) is 0 Å². The summed E-state index contributed by atoms with van der Waals surface area (Å²) in [4.78, 5) is 42.6. The Balaban J connectivity index is 2.24. The molecule has 2 aromatic rings. The van der Waals surface area contributed by atoms with Crippen molar-refractivity contribution in [2.45, 2.75) is 31.3 Å². The lowest BCUT2D eigenvalue weighted by Gasteiger charge is -2.31. The normalized spacial score (nSPS) is 20.6. The third-order valence-corrected chi connectivity index (χ3v) is 5.01. The lowest BCUT2D eigenvalue weighted by atomic mass is 9.86. The van der Waals surface area contributed by atoms with Crippen LogP contribution in [0.5, 0.6) is 0 Å². The number of hydrogen-bond acceptors (Lipinski definition) is 5. The van der Waals surface area contributed by atoms with Gasteiger partial charge in [-0.25, -0.2) is 0 Å². The molecule has 0 aliphatic carbocycles. The summed E-state index contributed by atoms with van der Waals surface area (Å²) < 4.78 is 0. The summed E-state index contributed by atoms with van der Waals surface area (Å²) in [7, 11) is 1.50. The number of hydrogen-bond donors (Lipinski definition) is 2. The van der Waals surface area contributed by atoms with Crippen LogP contribution in [-0.2, 0) is 14.4 Å². The maximum absolute atomic E-state index is 13.6. The topological polar surface area (TPSA) is 110 Å². The molecule has 0 bridgehead atoms. The van der Waals surface area contributed by atoms with E-state index in [4.69, 9.17) is 11.5 Å². The van der Waals surface area contributed by atoms with Crippen LogP contribution in [0.15, 0.2) is 54.6 Å². The molecular weight excluding hydrogens is 356 g/mol. The predicted molar refractivity (Wildman–Crippen MR) is 108 cm³/mol. The molecule has 0 radical (unpaired) electrons. The van der Waals surface area contributed by atoms with Crippen molar-refractivity contribution in [3.63, 3.8) is 0 Å². The summed E-state index contributed by atoms with van der Waals surface area (Å²) in [6.07, 6.45) is 0.962. The van der Waals surface area contributed by atoms with E-state index in [1.54, 1.807) is 48.5 Å². The van der Waals surface area contributed by atoms with E-state index >= 15 is 0 Å². The van der Waals surface area contributed by atoms with Crippen LogP contribution in [-0.4, -0.2) is 36.2 Å². The molecule has 0 saturated carbocycles. The molecule has 1 heterocycles.